The third-order valence-corrected chi connectivity index (χ3v) is 11.1. The minimum atomic E-state index is -4.38. The zero-order valence-electron chi connectivity index (χ0n) is 29.8. The molecule has 0 N–H and O–H groups in total. The highest BCUT2D eigenvalue weighted by atomic mass is 19.4. The maximum absolute atomic E-state index is 13.4. The van der Waals surface area contributed by atoms with E-state index in [9.17, 15) is 13.2 Å². The second-order valence-electron chi connectivity index (χ2n) is 14.3. The fraction of sp³-hybridized carbons (Fsp3) is 0.0588. The SMILES string of the molecule is FC(F)(F)c1ccc(-c2ccc3c(c2)c2cc(-c4ccc5c(C6C=CC=CC6)c6ccccc6c(-c6ccccc6)c5c4)ccc2n3-c2ccccc2)cc1. The zero-order chi connectivity index (χ0) is 37.1. The van der Waals surface area contributed by atoms with Gasteiger partial charge in [0.15, 0.2) is 0 Å². The predicted octanol–water partition coefficient (Wildman–Crippen LogP) is 14.7. The first-order valence-electron chi connectivity index (χ1n) is 18.6. The molecule has 8 aromatic carbocycles. The first kappa shape index (κ1) is 33.0. The monoisotopic (exact) mass is 717 g/mol. The molecule has 1 aliphatic rings. The molecule has 55 heavy (non-hydrogen) atoms. The molecule has 10 rings (SSSR count). The average Bonchev–Trinajstić information content (AvgIpc) is 3.56. The first-order valence-corrected chi connectivity index (χ1v) is 18.6. The van der Waals surface area contributed by atoms with Crippen LogP contribution < -0.4 is 0 Å². The molecule has 1 aliphatic carbocycles. The Morgan fingerprint density at radius 1 is 0.455 bits per heavy atom. The standard InChI is InChI=1S/C51H34F3N/c52-51(53,54)39-25-20-33(21-26-39)36-23-28-47-44(30-36)45-31-38(24-29-48(45)55(47)40-16-8-3-9-17-40)37-22-27-43-46(32-37)50(35-14-6-2-7-15-35)42-19-11-10-18-41(42)49(43)34-12-4-1-5-13-34/h1-12,14-32,34H,13H2. The lowest BCUT2D eigenvalue weighted by molar-refractivity contribution is -0.137. The maximum Gasteiger partial charge on any atom is 0.416 e. The number of para-hydroxylation sites is 1. The van der Waals surface area contributed by atoms with Gasteiger partial charge in [0.2, 0.25) is 0 Å². The van der Waals surface area contributed by atoms with Crippen LogP contribution in [0.1, 0.15) is 23.5 Å². The van der Waals surface area contributed by atoms with E-state index >= 15 is 0 Å². The van der Waals surface area contributed by atoms with Gasteiger partial charge >= 0.3 is 6.18 Å². The minimum absolute atomic E-state index is 0.271. The van der Waals surface area contributed by atoms with E-state index in [2.05, 4.69) is 144 Å². The summed E-state index contributed by atoms with van der Waals surface area (Å²) in [5.74, 6) is 0.271. The van der Waals surface area contributed by atoms with Gasteiger partial charge in [-0.15, -0.1) is 0 Å². The fourth-order valence-electron chi connectivity index (χ4n) is 8.59. The summed E-state index contributed by atoms with van der Waals surface area (Å²) in [5.41, 5.74) is 10.1. The van der Waals surface area contributed by atoms with Gasteiger partial charge in [0, 0.05) is 22.4 Å². The van der Waals surface area contributed by atoms with Crippen molar-refractivity contribution in [2.24, 2.45) is 0 Å². The first-order chi connectivity index (χ1) is 26.9. The third kappa shape index (κ3) is 5.64. The van der Waals surface area contributed by atoms with Crippen molar-refractivity contribution in [2.45, 2.75) is 18.5 Å². The summed E-state index contributed by atoms with van der Waals surface area (Å²) in [5, 5.41) is 7.12. The van der Waals surface area contributed by atoms with Crippen LogP contribution in [0.5, 0.6) is 0 Å². The smallest absolute Gasteiger partial charge is 0.309 e. The lowest BCUT2D eigenvalue weighted by Crippen LogP contribution is -2.03. The van der Waals surface area contributed by atoms with Gasteiger partial charge in [-0.3, -0.25) is 0 Å². The molecule has 1 nitrogen and oxygen atoms in total. The maximum atomic E-state index is 13.4. The molecule has 1 unspecified atom stereocenters. The highest BCUT2D eigenvalue weighted by Gasteiger charge is 2.30. The summed E-state index contributed by atoms with van der Waals surface area (Å²) < 4.78 is 42.5. The molecule has 4 heteroatoms. The Morgan fingerprint density at radius 3 is 1.64 bits per heavy atom. The van der Waals surface area contributed by atoms with Crippen molar-refractivity contribution in [3.8, 4) is 39.1 Å². The summed E-state index contributed by atoms with van der Waals surface area (Å²) in [6.07, 6.45) is 5.46. The van der Waals surface area contributed by atoms with E-state index in [4.69, 9.17) is 0 Å². The summed E-state index contributed by atoms with van der Waals surface area (Å²) in [4.78, 5) is 0. The van der Waals surface area contributed by atoms with E-state index < -0.39 is 11.7 Å². The molecule has 0 radical (unpaired) electrons. The number of nitrogens with zero attached hydrogens (tertiary/aromatic N) is 1. The van der Waals surface area contributed by atoms with Crippen LogP contribution in [0.4, 0.5) is 13.2 Å². The van der Waals surface area contributed by atoms with E-state index in [1.807, 2.05) is 24.3 Å². The number of allylic oxidation sites excluding steroid dienone is 4. The van der Waals surface area contributed by atoms with Gasteiger partial charge < -0.3 is 4.57 Å². The highest BCUT2D eigenvalue weighted by molar-refractivity contribution is 6.17. The normalized spacial score (nSPS) is 14.4. The number of rotatable bonds is 5. The van der Waals surface area contributed by atoms with Crippen molar-refractivity contribution in [3.63, 3.8) is 0 Å². The van der Waals surface area contributed by atoms with Crippen LogP contribution in [0.2, 0.25) is 0 Å². The lowest BCUT2D eigenvalue weighted by atomic mass is 9.81. The molecule has 0 saturated heterocycles. The third-order valence-electron chi connectivity index (χ3n) is 11.1. The molecular weight excluding hydrogens is 684 g/mol. The molecule has 0 amide bonds. The number of halogens is 3. The number of benzene rings is 8. The summed E-state index contributed by atoms with van der Waals surface area (Å²) in [6.45, 7) is 0. The summed E-state index contributed by atoms with van der Waals surface area (Å²) in [7, 11) is 0. The molecule has 0 spiro atoms. The van der Waals surface area contributed by atoms with Crippen LogP contribution in [-0.4, -0.2) is 4.57 Å². The van der Waals surface area contributed by atoms with E-state index in [1.54, 1.807) is 12.1 Å². The Kier molecular flexibility index (Phi) is 7.81. The van der Waals surface area contributed by atoms with E-state index in [1.165, 1.54) is 38.2 Å². The molecule has 1 atom stereocenters. The Labute approximate surface area is 316 Å². The highest BCUT2D eigenvalue weighted by Crippen LogP contribution is 2.45. The van der Waals surface area contributed by atoms with Gasteiger partial charge in [-0.1, -0.05) is 133 Å². The Bertz CT molecular complexity index is 2970. The van der Waals surface area contributed by atoms with Crippen LogP contribution in [0.25, 0.3) is 82.4 Å². The molecule has 1 heterocycles. The fourth-order valence-corrected chi connectivity index (χ4v) is 8.59. The number of hydrogen-bond acceptors (Lipinski definition) is 0. The van der Waals surface area contributed by atoms with Crippen LogP contribution in [0.15, 0.2) is 188 Å². The van der Waals surface area contributed by atoms with Crippen LogP contribution in [0.3, 0.4) is 0 Å². The van der Waals surface area contributed by atoms with Gasteiger partial charge in [0.05, 0.1) is 16.6 Å². The number of alkyl halides is 3. The van der Waals surface area contributed by atoms with E-state index in [0.717, 1.165) is 68.3 Å². The van der Waals surface area contributed by atoms with E-state index in [0.29, 0.717) is 0 Å². The van der Waals surface area contributed by atoms with Crippen molar-refractivity contribution in [1.29, 1.82) is 0 Å². The Morgan fingerprint density at radius 2 is 1.00 bits per heavy atom. The Balaban J connectivity index is 1.20. The molecule has 264 valence electrons. The summed E-state index contributed by atoms with van der Waals surface area (Å²) >= 11 is 0. The number of hydrogen-bond donors (Lipinski definition) is 0. The topological polar surface area (TPSA) is 4.93 Å². The second kappa shape index (κ2) is 13.0. The minimum Gasteiger partial charge on any atom is -0.309 e. The van der Waals surface area contributed by atoms with Crippen LogP contribution in [0, 0.1) is 0 Å². The molecule has 0 aliphatic heterocycles. The van der Waals surface area contributed by atoms with Crippen molar-refractivity contribution >= 4 is 43.4 Å². The second-order valence-corrected chi connectivity index (χ2v) is 14.3. The molecular formula is C51H34F3N. The van der Waals surface area contributed by atoms with Crippen LogP contribution >= 0.6 is 0 Å². The number of fused-ring (bicyclic) bond motifs is 5. The van der Waals surface area contributed by atoms with Crippen LogP contribution in [-0.2, 0) is 6.18 Å². The summed E-state index contributed by atoms with van der Waals surface area (Å²) in [6, 6.07) is 55.0. The molecule has 9 aromatic rings. The van der Waals surface area contributed by atoms with Crippen molar-refractivity contribution < 1.29 is 13.2 Å². The molecule has 0 bridgehead atoms. The van der Waals surface area contributed by atoms with E-state index in [-0.39, 0.29) is 5.92 Å². The van der Waals surface area contributed by atoms with Crippen molar-refractivity contribution in [1.82, 2.24) is 4.57 Å². The largest absolute Gasteiger partial charge is 0.416 e. The average molecular weight is 718 g/mol. The van der Waals surface area contributed by atoms with Gasteiger partial charge in [-0.2, -0.15) is 13.2 Å². The zero-order valence-corrected chi connectivity index (χ0v) is 29.8. The predicted molar refractivity (Wildman–Crippen MR) is 223 cm³/mol. The Hall–Kier alpha value is -6.65. The molecule has 0 saturated carbocycles. The number of aromatic nitrogens is 1. The van der Waals surface area contributed by atoms with Gasteiger partial charge in [-0.05, 0) is 122 Å². The van der Waals surface area contributed by atoms with Gasteiger partial charge in [0.25, 0.3) is 0 Å². The van der Waals surface area contributed by atoms with Gasteiger partial charge in [-0.25, -0.2) is 0 Å². The van der Waals surface area contributed by atoms with Gasteiger partial charge in [0.1, 0.15) is 0 Å². The van der Waals surface area contributed by atoms with Crippen molar-refractivity contribution in [3.05, 3.63) is 199 Å². The molecule has 0 fully saturated rings. The molecule has 1 aromatic heterocycles. The quantitative estimate of drug-likeness (QED) is 0.156. The lowest BCUT2D eigenvalue weighted by Gasteiger charge is -2.23. The van der Waals surface area contributed by atoms with Crippen molar-refractivity contribution in [2.75, 3.05) is 0 Å².